The SMILES string of the molecule is COC(=O)CN(Cc1ccc(OCCc2nc(-c3ccccc3)oc2C)cc1)C(=O)OC1CCC(OC)CC1. The number of aryl methyl sites for hydroxylation is 1. The molecule has 0 unspecified atom stereocenters. The number of rotatable bonds is 11. The van der Waals surface area contributed by atoms with Crippen molar-refractivity contribution in [2.24, 2.45) is 0 Å². The van der Waals surface area contributed by atoms with Crippen LogP contribution in [0.5, 0.6) is 5.75 Å². The van der Waals surface area contributed by atoms with Gasteiger partial charge in [0.1, 0.15) is 24.2 Å². The molecule has 208 valence electrons. The highest BCUT2D eigenvalue weighted by Crippen LogP contribution is 2.25. The second-order valence-corrected chi connectivity index (χ2v) is 9.58. The summed E-state index contributed by atoms with van der Waals surface area (Å²) in [5, 5.41) is 0. The molecule has 4 rings (SSSR count). The summed E-state index contributed by atoms with van der Waals surface area (Å²) in [6.45, 7) is 2.36. The fourth-order valence-corrected chi connectivity index (χ4v) is 4.55. The summed E-state index contributed by atoms with van der Waals surface area (Å²) in [6, 6.07) is 17.2. The van der Waals surface area contributed by atoms with Crippen molar-refractivity contribution >= 4 is 12.1 Å². The van der Waals surface area contributed by atoms with Gasteiger partial charge in [0.05, 0.1) is 25.5 Å². The van der Waals surface area contributed by atoms with Crippen molar-refractivity contribution in [2.45, 2.75) is 57.8 Å². The number of hydrogen-bond donors (Lipinski definition) is 0. The van der Waals surface area contributed by atoms with Gasteiger partial charge in [-0.3, -0.25) is 9.69 Å². The van der Waals surface area contributed by atoms with Gasteiger partial charge in [-0.15, -0.1) is 0 Å². The van der Waals surface area contributed by atoms with E-state index in [2.05, 4.69) is 4.98 Å². The quantitative estimate of drug-likeness (QED) is 0.303. The van der Waals surface area contributed by atoms with Crippen LogP contribution >= 0.6 is 0 Å². The van der Waals surface area contributed by atoms with Crippen LogP contribution < -0.4 is 4.74 Å². The first-order valence-corrected chi connectivity index (χ1v) is 13.2. The fraction of sp³-hybridized carbons (Fsp3) is 0.433. The molecule has 1 fully saturated rings. The zero-order valence-electron chi connectivity index (χ0n) is 22.8. The Balaban J connectivity index is 1.29. The molecule has 0 bridgehead atoms. The van der Waals surface area contributed by atoms with Gasteiger partial charge in [-0.05, 0) is 62.4 Å². The van der Waals surface area contributed by atoms with Gasteiger partial charge < -0.3 is 23.4 Å². The number of amides is 1. The van der Waals surface area contributed by atoms with Crippen molar-refractivity contribution < 1.29 is 33.0 Å². The van der Waals surface area contributed by atoms with Crippen LogP contribution in [0.4, 0.5) is 4.79 Å². The number of aromatic nitrogens is 1. The highest BCUT2D eigenvalue weighted by atomic mass is 16.6. The van der Waals surface area contributed by atoms with Crippen molar-refractivity contribution in [3.63, 3.8) is 0 Å². The van der Waals surface area contributed by atoms with Gasteiger partial charge >= 0.3 is 12.1 Å². The number of carbonyl (C=O) groups is 2. The molecule has 0 radical (unpaired) electrons. The molecular formula is C30H36N2O7. The minimum atomic E-state index is -0.528. The number of esters is 1. The molecule has 0 spiro atoms. The fourth-order valence-electron chi connectivity index (χ4n) is 4.55. The predicted molar refractivity (Wildman–Crippen MR) is 144 cm³/mol. The standard InChI is InChI=1S/C30H36N2O7/c1-21-27(31-29(38-21)23-7-5-4-6-8-23)17-18-37-25-11-9-22(10-12-25)19-32(20-28(33)36-3)30(34)39-26-15-13-24(35-2)14-16-26/h4-12,24,26H,13-20H2,1-3H3. The molecule has 0 atom stereocenters. The first-order valence-electron chi connectivity index (χ1n) is 13.2. The molecule has 1 saturated carbocycles. The Bertz CT molecular complexity index is 1200. The van der Waals surface area contributed by atoms with Crippen molar-refractivity contribution in [3.05, 3.63) is 71.6 Å². The molecule has 1 aliphatic rings. The van der Waals surface area contributed by atoms with E-state index in [-0.39, 0.29) is 25.3 Å². The van der Waals surface area contributed by atoms with E-state index in [1.807, 2.05) is 61.5 Å². The highest BCUT2D eigenvalue weighted by molar-refractivity contribution is 5.78. The summed E-state index contributed by atoms with van der Waals surface area (Å²) in [7, 11) is 3.00. The lowest BCUT2D eigenvalue weighted by molar-refractivity contribution is -0.141. The van der Waals surface area contributed by atoms with Gasteiger partial charge in [0.2, 0.25) is 5.89 Å². The van der Waals surface area contributed by atoms with Crippen LogP contribution in [0.25, 0.3) is 11.5 Å². The summed E-state index contributed by atoms with van der Waals surface area (Å²) >= 11 is 0. The minimum absolute atomic E-state index is 0.183. The van der Waals surface area contributed by atoms with Gasteiger partial charge in [0.25, 0.3) is 0 Å². The maximum Gasteiger partial charge on any atom is 0.410 e. The average molecular weight is 537 g/mol. The van der Waals surface area contributed by atoms with E-state index < -0.39 is 12.1 Å². The average Bonchev–Trinajstić information content (AvgIpc) is 3.34. The van der Waals surface area contributed by atoms with Gasteiger partial charge in [-0.25, -0.2) is 9.78 Å². The normalized spacial score (nSPS) is 16.9. The Morgan fingerprint density at radius 2 is 1.67 bits per heavy atom. The first kappa shape index (κ1) is 28.2. The summed E-state index contributed by atoms with van der Waals surface area (Å²) < 4.78 is 27.6. The molecule has 3 aromatic rings. The van der Waals surface area contributed by atoms with Crippen LogP contribution in [-0.2, 0) is 32.0 Å². The van der Waals surface area contributed by atoms with Crippen molar-refractivity contribution in [1.82, 2.24) is 9.88 Å². The Kier molecular flexibility index (Phi) is 9.97. The van der Waals surface area contributed by atoms with E-state index in [1.165, 1.54) is 12.0 Å². The van der Waals surface area contributed by atoms with Crippen LogP contribution in [0.1, 0.15) is 42.7 Å². The number of benzene rings is 2. The topological polar surface area (TPSA) is 100 Å². The monoisotopic (exact) mass is 536 g/mol. The van der Waals surface area contributed by atoms with Crippen LogP contribution in [0.2, 0.25) is 0 Å². The molecule has 9 nitrogen and oxygen atoms in total. The van der Waals surface area contributed by atoms with E-state index in [4.69, 9.17) is 23.4 Å². The Labute approximate surface area is 229 Å². The number of nitrogens with zero attached hydrogens (tertiary/aromatic N) is 2. The third-order valence-electron chi connectivity index (χ3n) is 6.85. The van der Waals surface area contributed by atoms with E-state index >= 15 is 0 Å². The lowest BCUT2D eigenvalue weighted by Crippen LogP contribution is -2.39. The minimum Gasteiger partial charge on any atom is -0.493 e. The zero-order valence-corrected chi connectivity index (χ0v) is 22.8. The first-order chi connectivity index (χ1) is 18.9. The molecule has 9 heteroatoms. The van der Waals surface area contributed by atoms with Crippen LogP contribution in [-0.4, -0.2) is 61.5 Å². The lowest BCUT2D eigenvalue weighted by atomic mass is 9.95. The summed E-state index contributed by atoms with van der Waals surface area (Å²) in [5.41, 5.74) is 2.64. The molecule has 0 N–H and O–H groups in total. The molecule has 1 aromatic heterocycles. The van der Waals surface area contributed by atoms with E-state index in [9.17, 15) is 9.59 Å². The van der Waals surface area contributed by atoms with E-state index in [0.29, 0.717) is 24.7 Å². The maximum atomic E-state index is 12.9. The smallest absolute Gasteiger partial charge is 0.410 e. The largest absolute Gasteiger partial charge is 0.493 e. The second kappa shape index (κ2) is 13.8. The molecular weight excluding hydrogens is 500 g/mol. The molecule has 39 heavy (non-hydrogen) atoms. The number of hydrogen-bond acceptors (Lipinski definition) is 8. The Morgan fingerprint density at radius 3 is 2.33 bits per heavy atom. The summed E-state index contributed by atoms with van der Waals surface area (Å²) in [6.07, 6.45) is 3.27. The molecule has 0 saturated heterocycles. The molecule has 0 aliphatic heterocycles. The summed E-state index contributed by atoms with van der Waals surface area (Å²) in [4.78, 5) is 30.9. The second-order valence-electron chi connectivity index (χ2n) is 9.58. The highest BCUT2D eigenvalue weighted by Gasteiger charge is 2.27. The molecule has 1 amide bonds. The molecule has 1 aliphatic carbocycles. The lowest BCUT2D eigenvalue weighted by Gasteiger charge is -2.29. The number of methoxy groups -OCH3 is 2. The van der Waals surface area contributed by atoms with Crippen molar-refractivity contribution in [2.75, 3.05) is 27.4 Å². The summed E-state index contributed by atoms with van der Waals surface area (Å²) in [5.74, 6) is 1.57. The van der Waals surface area contributed by atoms with E-state index in [1.54, 1.807) is 7.11 Å². The van der Waals surface area contributed by atoms with E-state index in [0.717, 1.165) is 48.3 Å². The predicted octanol–water partition coefficient (Wildman–Crippen LogP) is 5.34. The third kappa shape index (κ3) is 8.07. The van der Waals surface area contributed by atoms with Crippen LogP contribution in [0.3, 0.4) is 0 Å². The number of ether oxygens (including phenoxy) is 4. The maximum absolute atomic E-state index is 12.9. The number of carbonyl (C=O) groups excluding carboxylic acids is 2. The van der Waals surface area contributed by atoms with Crippen LogP contribution in [0, 0.1) is 6.92 Å². The van der Waals surface area contributed by atoms with Gasteiger partial charge in [-0.2, -0.15) is 0 Å². The van der Waals surface area contributed by atoms with Gasteiger partial charge in [-0.1, -0.05) is 30.3 Å². The van der Waals surface area contributed by atoms with Crippen LogP contribution in [0.15, 0.2) is 59.0 Å². The van der Waals surface area contributed by atoms with Gasteiger partial charge in [0, 0.05) is 25.6 Å². The Hall–Kier alpha value is -3.85. The molecule has 2 aromatic carbocycles. The molecule has 1 heterocycles. The Morgan fingerprint density at radius 1 is 0.974 bits per heavy atom. The third-order valence-corrected chi connectivity index (χ3v) is 6.85. The van der Waals surface area contributed by atoms with Crippen molar-refractivity contribution in [3.8, 4) is 17.2 Å². The van der Waals surface area contributed by atoms with Gasteiger partial charge in [0.15, 0.2) is 0 Å². The number of oxazole rings is 1. The van der Waals surface area contributed by atoms with Crippen molar-refractivity contribution in [1.29, 1.82) is 0 Å². The zero-order chi connectivity index (χ0) is 27.6.